The van der Waals surface area contributed by atoms with Crippen LogP contribution in [0.25, 0.3) is 0 Å². The molecule has 2 nitrogen and oxygen atoms in total. The van der Waals surface area contributed by atoms with Gasteiger partial charge >= 0.3 is 0 Å². The van der Waals surface area contributed by atoms with E-state index < -0.39 is 5.24 Å². The van der Waals surface area contributed by atoms with Crippen molar-refractivity contribution in [2.45, 2.75) is 0 Å². The van der Waals surface area contributed by atoms with Crippen LogP contribution in [0.5, 0.6) is 0 Å². The van der Waals surface area contributed by atoms with E-state index in [9.17, 15) is 4.79 Å². The average molecular weight is 278 g/mol. The maximum atomic E-state index is 9.45. The minimum Gasteiger partial charge on any atom is -0.412 e. The molecule has 1 aromatic carbocycles. The fraction of sp³-hybridized carbons (Fsp3) is 0.125. The third kappa shape index (κ3) is 10.1. The van der Waals surface area contributed by atoms with Gasteiger partial charge in [0.25, 0.3) is 0 Å². The van der Waals surface area contributed by atoms with Crippen molar-refractivity contribution in [3.63, 3.8) is 0 Å². The molecule has 0 aliphatic carbocycles. The maximum Gasteiger partial charge on any atom is 0.236 e. The third-order valence-corrected chi connectivity index (χ3v) is 1.88. The highest BCUT2D eigenvalue weighted by Crippen LogP contribution is 2.13. The molecule has 0 aliphatic heterocycles. The molecule has 0 aliphatic rings. The Morgan fingerprint density at radius 3 is 1.71 bits per heavy atom. The summed E-state index contributed by atoms with van der Waals surface area (Å²) in [6, 6.07) is 7.08. The largest absolute Gasteiger partial charge is 0.412 e. The lowest BCUT2D eigenvalue weighted by atomic mass is 10.4. The fourth-order valence-electron chi connectivity index (χ4n) is 0.460. The van der Waals surface area contributed by atoms with Crippen LogP contribution >= 0.6 is 46.4 Å². The SMILES string of the molecule is Clc1cccc(Cl)c1.O.O=C(Cl)CCl. The monoisotopic (exact) mass is 276 g/mol. The van der Waals surface area contributed by atoms with Crippen LogP contribution in [0, 0.1) is 0 Å². The van der Waals surface area contributed by atoms with E-state index in [1.165, 1.54) is 0 Å². The molecule has 0 bridgehead atoms. The summed E-state index contributed by atoms with van der Waals surface area (Å²) < 4.78 is 0. The Labute approximate surface area is 102 Å². The lowest BCUT2D eigenvalue weighted by Gasteiger charge is -1.86. The summed E-state index contributed by atoms with van der Waals surface area (Å²) in [5, 5.41) is 0.849. The predicted octanol–water partition coefficient (Wildman–Crippen LogP) is 3.16. The second-order valence-electron chi connectivity index (χ2n) is 1.93. The molecule has 2 N–H and O–H groups in total. The first kappa shape index (κ1) is 16.4. The molecule has 0 unspecified atom stereocenters. The van der Waals surface area contributed by atoms with Crippen LogP contribution in [0.3, 0.4) is 0 Å². The number of carbonyl (C=O) groups is 1. The molecule has 0 aromatic heterocycles. The van der Waals surface area contributed by atoms with Crippen LogP contribution in [0.4, 0.5) is 0 Å². The predicted molar refractivity (Wildman–Crippen MR) is 61.7 cm³/mol. The van der Waals surface area contributed by atoms with Gasteiger partial charge in [-0.3, -0.25) is 4.79 Å². The second-order valence-corrected chi connectivity index (χ2v) is 3.49. The van der Waals surface area contributed by atoms with Gasteiger partial charge in [0.1, 0.15) is 0 Å². The standard InChI is InChI=1S/C6H4Cl2.C2H2Cl2O.H2O/c7-5-2-1-3-6(8)4-5;3-1-2(4)5;/h1-4H;1H2;1H2. The van der Waals surface area contributed by atoms with Gasteiger partial charge in [0.2, 0.25) is 5.24 Å². The lowest BCUT2D eigenvalue weighted by Crippen LogP contribution is -1.81. The van der Waals surface area contributed by atoms with Crippen molar-refractivity contribution < 1.29 is 10.3 Å². The molecule has 1 aromatic rings. The molecule has 0 saturated carbocycles. The number of halogens is 4. The zero-order chi connectivity index (χ0) is 10.3. The number of hydrogen-bond donors (Lipinski definition) is 0. The van der Waals surface area contributed by atoms with Crippen molar-refractivity contribution in [3.8, 4) is 0 Å². The van der Waals surface area contributed by atoms with Gasteiger partial charge in [-0.15, -0.1) is 11.6 Å². The van der Waals surface area contributed by atoms with Crippen molar-refractivity contribution in [1.29, 1.82) is 0 Å². The number of benzene rings is 1. The van der Waals surface area contributed by atoms with Gasteiger partial charge in [0.15, 0.2) is 0 Å². The first-order valence-corrected chi connectivity index (χ1v) is 4.88. The van der Waals surface area contributed by atoms with Crippen molar-refractivity contribution in [1.82, 2.24) is 0 Å². The molecular weight excluding hydrogens is 270 g/mol. The number of rotatable bonds is 1. The van der Waals surface area contributed by atoms with Gasteiger partial charge in [-0.05, 0) is 29.8 Å². The van der Waals surface area contributed by atoms with E-state index in [0.717, 1.165) is 0 Å². The first-order chi connectivity index (χ1) is 6.06. The molecule has 0 fully saturated rings. The van der Waals surface area contributed by atoms with E-state index in [-0.39, 0.29) is 11.4 Å². The summed E-state index contributed by atoms with van der Waals surface area (Å²) in [6.07, 6.45) is 0. The molecule has 80 valence electrons. The fourth-order valence-corrected chi connectivity index (χ4v) is 0.896. The van der Waals surface area contributed by atoms with Crippen LogP contribution in [0.1, 0.15) is 0 Å². The molecule has 0 spiro atoms. The van der Waals surface area contributed by atoms with E-state index in [1.54, 1.807) is 18.2 Å². The van der Waals surface area contributed by atoms with Gasteiger partial charge in [0.05, 0.1) is 5.88 Å². The van der Waals surface area contributed by atoms with Crippen LogP contribution in [-0.4, -0.2) is 16.6 Å². The van der Waals surface area contributed by atoms with Gasteiger partial charge in [-0.2, -0.15) is 0 Å². The number of hydrogen-bond acceptors (Lipinski definition) is 1. The maximum absolute atomic E-state index is 9.45. The van der Waals surface area contributed by atoms with Crippen LogP contribution in [0.15, 0.2) is 24.3 Å². The lowest BCUT2D eigenvalue weighted by molar-refractivity contribution is -0.109. The molecule has 0 heterocycles. The summed E-state index contributed by atoms with van der Waals surface area (Å²) >= 11 is 20.7. The van der Waals surface area contributed by atoms with E-state index >= 15 is 0 Å². The van der Waals surface area contributed by atoms with Gasteiger partial charge in [-0.25, -0.2) is 0 Å². The third-order valence-electron chi connectivity index (χ3n) is 0.892. The Balaban J connectivity index is 0. The Hall–Kier alpha value is 0.01000. The second kappa shape index (κ2) is 9.56. The van der Waals surface area contributed by atoms with Gasteiger partial charge < -0.3 is 5.48 Å². The number of carbonyl (C=O) groups excluding carboxylic acids is 1. The minimum atomic E-state index is -0.508. The van der Waals surface area contributed by atoms with Gasteiger partial charge in [-0.1, -0.05) is 29.3 Å². The van der Waals surface area contributed by atoms with E-state index in [4.69, 9.17) is 46.4 Å². The Morgan fingerprint density at radius 1 is 1.21 bits per heavy atom. The highest BCUT2D eigenvalue weighted by molar-refractivity contribution is 6.67. The minimum absolute atomic E-state index is 0. The summed E-state index contributed by atoms with van der Waals surface area (Å²) in [4.78, 5) is 9.45. The molecule has 0 amide bonds. The Morgan fingerprint density at radius 2 is 1.57 bits per heavy atom. The first-order valence-electron chi connectivity index (χ1n) is 3.21. The molecule has 0 radical (unpaired) electrons. The van der Waals surface area contributed by atoms with Crippen LogP contribution < -0.4 is 0 Å². The normalized spacial score (nSPS) is 8.00. The average Bonchev–Trinajstić information content (AvgIpc) is 2.05. The zero-order valence-electron chi connectivity index (χ0n) is 6.94. The summed E-state index contributed by atoms with van der Waals surface area (Å²) in [7, 11) is 0. The van der Waals surface area contributed by atoms with E-state index in [1.807, 2.05) is 6.07 Å². The zero-order valence-corrected chi connectivity index (χ0v) is 9.96. The van der Waals surface area contributed by atoms with Crippen molar-refractivity contribution in [2.24, 2.45) is 0 Å². The molecule has 0 atom stereocenters. The smallest absolute Gasteiger partial charge is 0.236 e. The summed E-state index contributed by atoms with van der Waals surface area (Å²) in [5.74, 6) is -0.0957. The number of alkyl halides is 1. The molecule has 14 heavy (non-hydrogen) atoms. The highest BCUT2D eigenvalue weighted by Gasteiger charge is 1.85. The summed E-state index contributed by atoms with van der Waals surface area (Å²) in [5.41, 5.74) is 0. The molecule has 6 heteroatoms. The van der Waals surface area contributed by atoms with E-state index in [0.29, 0.717) is 10.0 Å². The molecular formula is C8H8Cl4O2. The quantitative estimate of drug-likeness (QED) is 0.575. The van der Waals surface area contributed by atoms with Crippen molar-refractivity contribution >= 4 is 51.6 Å². The van der Waals surface area contributed by atoms with Crippen molar-refractivity contribution in [3.05, 3.63) is 34.3 Å². The van der Waals surface area contributed by atoms with Crippen LogP contribution in [-0.2, 0) is 4.79 Å². The Kier molecular flexibility index (Phi) is 11.2. The van der Waals surface area contributed by atoms with Crippen molar-refractivity contribution in [2.75, 3.05) is 5.88 Å². The molecule has 0 saturated heterocycles. The topological polar surface area (TPSA) is 48.6 Å². The molecule has 1 rings (SSSR count). The van der Waals surface area contributed by atoms with Crippen LogP contribution in [0.2, 0.25) is 10.0 Å². The Bertz CT molecular complexity index is 261. The highest BCUT2D eigenvalue weighted by atomic mass is 35.5. The van der Waals surface area contributed by atoms with E-state index in [2.05, 4.69) is 0 Å². The van der Waals surface area contributed by atoms with Gasteiger partial charge in [0, 0.05) is 10.0 Å². The summed E-state index contributed by atoms with van der Waals surface area (Å²) in [6.45, 7) is 0.